The zero-order valence-corrected chi connectivity index (χ0v) is 15.5. The lowest BCUT2D eigenvalue weighted by molar-refractivity contribution is -0.132. The minimum atomic E-state index is -3.05. The Bertz CT molecular complexity index is 759. The topological polar surface area (TPSA) is 83.6 Å². The number of nitrogens with zero attached hydrogens (tertiary/aromatic N) is 1. The van der Waals surface area contributed by atoms with Gasteiger partial charge < -0.3 is 10.2 Å². The average molecular weight is 385 g/mol. The first-order chi connectivity index (χ1) is 11.8. The monoisotopic (exact) mass is 384 g/mol. The summed E-state index contributed by atoms with van der Waals surface area (Å²) in [5, 5.41) is 3.30. The lowest BCUT2D eigenvalue weighted by atomic mass is 10.2. The van der Waals surface area contributed by atoms with Crippen LogP contribution in [0.3, 0.4) is 0 Å². The van der Waals surface area contributed by atoms with Gasteiger partial charge in [-0.15, -0.1) is 0 Å². The van der Waals surface area contributed by atoms with E-state index in [0.29, 0.717) is 18.0 Å². The molecule has 1 N–H and O–H groups in total. The summed E-state index contributed by atoms with van der Waals surface area (Å²) in [5.41, 5.74) is 0.828. The smallest absolute Gasteiger partial charge is 0.247 e. The van der Waals surface area contributed by atoms with Crippen molar-refractivity contribution in [3.8, 4) is 0 Å². The van der Waals surface area contributed by atoms with Gasteiger partial charge in [-0.2, -0.15) is 0 Å². The highest BCUT2D eigenvalue weighted by Gasteiger charge is 2.29. The Balaban J connectivity index is 1.88. The molecule has 1 atom stereocenters. The molecule has 25 heavy (non-hydrogen) atoms. The number of carbonyl (C=O) groups excluding carboxylic acids is 2. The van der Waals surface area contributed by atoms with Gasteiger partial charge in [0.1, 0.15) is 0 Å². The highest BCUT2D eigenvalue weighted by atomic mass is 35.5. The zero-order valence-electron chi connectivity index (χ0n) is 13.9. The van der Waals surface area contributed by atoms with Gasteiger partial charge in [0.25, 0.3) is 0 Å². The molecule has 2 rings (SSSR count). The maximum Gasteiger partial charge on any atom is 0.247 e. The molecule has 6 nitrogen and oxygen atoms in total. The van der Waals surface area contributed by atoms with Crippen LogP contribution in [0.15, 0.2) is 30.3 Å². The second-order valence-corrected chi connectivity index (χ2v) is 8.57. The minimum Gasteiger partial charge on any atom is -0.351 e. The van der Waals surface area contributed by atoms with E-state index in [1.165, 1.54) is 11.0 Å². The summed E-state index contributed by atoms with van der Waals surface area (Å²) in [7, 11) is -3.05. The standard InChI is InChI=1S/C17H21ClN2O4S/c1-2-20(11-16(21)19-15-9-10-25(23,24)12-15)17(22)8-5-13-3-6-14(18)7-4-13/h3-8,15H,2,9-12H2,1H3,(H,19,21)/b8-5+. The Kier molecular flexibility index (Phi) is 6.61. The van der Waals surface area contributed by atoms with Crippen molar-refractivity contribution in [3.63, 3.8) is 0 Å². The summed E-state index contributed by atoms with van der Waals surface area (Å²) >= 11 is 5.81. The molecule has 0 saturated carbocycles. The van der Waals surface area contributed by atoms with Gasteiger partial charge in [0.15, 0.2) is 9.84 Å². The summed E-state index contributed by atoms with van der Waals surface area (Å²) in [6.07, 6.45) is 3.48. The normalized spacial score (nSPS) is 19.0. The predicted octanol–water partition coefficient (Wildman–Crippen LogP) is 1.50. The van der Waals surface area contributed by atoms with Crippen molar-refractivity contribution in [2.24, 2.45) is 0 Å². The molecule has 0 spiro atoms. The van der Waals surface area contributed by atoms with E-state index in [-0.39, 0.29) is 35.9 Å². The van der Waals surface area contributed by atoms with Crippen LogP contribution in [0.25, 0.3) is 6.08 Å². The lowest BCUT2D eigenvalue weighted by Gasteiger charge is -2.20. The molecule has 1 aromatic carbocycles. The van der Waals surface area contributed by atoms with E-state index in [2.05, 4.69) is 5.32 Å². The van der Waals surface area contributed by atoms with E-state index in [0.717, 1.165) is 5.56 Å². The van der Waals surface area contributed by atoms with Crippen LogP contribution < -0.4 is 5.32 Å². The zero-order chi connectivity index (χ0) is 18.4. The second-order valence-electron chi connectivity index (χ2n) is 5.90. The first-order valence-electron chi connectivity index (χ1n) is 8.01. The third-order valence-corrected chi connectivity index (χ3v) is 5.93. The molecule has 0 radical (unpaired) electrons. The van der Waals surface area contributed by atoms with Crippen LogP contribution in [0, 0.1) is 0 Å². The van der Waals surface area contributed by atoms with Gasteiger partial charge in [0.2, 0.25) is 11.8 Å². The van der Waals surface area contributed by atoms with Crippen LogP contribution in [-0.4, -0.2) is 55.8 Å². The fourth-order valence-electron chi connectivity index (χ4n) is 2.55. The SMILES string of the molecule is CCN(CC(=O)NC1CCS(=O)(=O)C1)C(=O)/C=C/c1ccc(Cl)cc1. The number of carbonyl (C=O) groups is 2. The molecular weight excluding hydrogens is 364 g/mol. The highest BCUT2D eigenvalue weighted by Crippen LogP contribution is 2.12. The molecule has 1 unspecified atom stereocenters. The fourth-order valence-corrected chi connectivity index (χ4v) is 4.35. The van der Waals surface area contributed by atoms with Crippen molar-refractivity contribution < 1.29 is 18.0 Å². The molecule has 1 aliphatic rings. The van der Waals surface area contributed by atoms with Crippen LogP contribution in [-0.2, 0) is 19.4 Å². The fraction of sp³-hybridized carbons (Fsp3) is 0.412. The molecule has 1 heterocycles. The number of benzene rings is 1. The highest BCUT2D eigenvalue weighted by molar-refractivity contribution is 7.91. The quantitative estimate of drug-likeness (QED) is 0.753. The Morgan fingerprint density at radius 3 is 2.56 bits per heavy atom. The van der Waals surface area contributed by atoms with E-state index in [4.69, 9.17) is 11.6 Å². The van der Waals surface area contributed by atoms with Crippen LogP contribution in [0.5, 0.6) is 0 Å². The second kappa shape index (κ2) is 8.49. The molecule has 0 aliphatic carbocycles. The molecular formula is C17H21ClN2O4S. The summed E-state index contributed by atoms with van der Waals surface area (Å²) in [4.78, 5) is 25.7. The Morgan fingerprint density at radius 2 is 2.00 bits per heavy atom. The number of likely N-dealkylation sites (N-methyl/N-ethyl adjacent to an activating group) is 1. The van der Waals surface area contributed by atoms with Gasteiger partial charge in [0, 0.05) is 23.7 Å². The van der Waals surface area contributed by atoms with Crippen molar-refractivity contribution in [1.82, 2.24) is 10.2 Å². The summed E-state index contributed by atoms with van der Waals surface area (Å²) in [6, 6.07) is 6.67. The van der Waals surface area contributed by atoms with Crippen LogP contribution in [0.1, 0.15) is 18.9 Å². The largest absolute Gasteiger partial charge is 0.351 e. The van der Waals surface area contributed by atoms with Crippen molar-refractivity contribution in [2.75, 3.05) is 24.6 Å². The predicted molar refractivity (Wildman–Crippen MR) is 97.9 cm³/mol. The van der Waals surface area contributed by atoms with Crippen LogP contribution in [0.2, 0.25) is 5.02 Å². The molecule has 1 fully saturated rings. The molecule has 1 aromatic rings. The van der Waals surface area contributed by atoms with Crippen molar-refractivity contribution >= 4 is 39.3 Å². The lowest BCUT2D eigenvalue weighted by Crippen LogP contribution is -2.44. The molecule has 136 valence electrons. The third-order valence-electron chi connectivity index (χ3n) is 3.91. The Morgan fingerprint density at radius 1 is 1.32 bits per heavy atom. The Labute approximate surface area is 152 Å². The van der Waals surface area contributed by atoms with Crippen molar-refractivity contribution in [1.29, 1.82) is 0 Å². The number of nitrogens with one attached hydrogen (secondary N) is 1. The van der Waals surface area contributed by atoms with Crippen molar-refractivity contribution in [2.45, 2.75) is 19.4 Å². The van der Waals surface area contributed by atoms with Gasteiger partial charge in [-0.25, -0.2) is 8.42 Å². The third kappa shape index (κ3) is 6.17. The molecule has 1 saturated heterocycles. The van der Waals surface area contributed by atoms with E-state index in [1.54, 1.807) is 37.3 Å². The molecule has 2 amide bonds. The molecule has 8 heteroatoms. The number of sulfone groups is 1. The number of hydrogen-bond donors (Lipinski definition) is 1. The van der Waals surface area contributed by atoms with E-state index < -0.39 is 9.84 Å². The van der Waals surface area contributed by atoms with Gasteiger partial charge in [-0.05, 0) is 37.1 Å². The van der Waals surface area contributed by atoms with E-state index in [1.807, 2.05) is 0 Å². The van der Waals surface area contributed by atoms with Crippen molar-refractivity contribution in [3.05, 3.63) is 40.9 Å². The Hall–Kier alpha value is -1.86. The summed E-state index contributed by atoms with van der Waals surface area (Å²) in [5.74, 6) is -0.572. The van der Waals surface area contributed by atoms with E-state index >= 15 is 0 Å². The van der Waals surface area contributed by atoms with Gasteiger partial charge in [-0.3, -0.25) is 9.59 Å². The average Bonchev–Trinajstić information content (AvgIpc) is 2.90. The van der Waals surface area contributed by atoms with Gasteiger partial charge in [0.05, 0.1) is 18.1 Å². The minimum absolute atomic E-state index is 0.0325. The number of hydrogen-bond acceptors (Lipinski definition) is 4. The maximum absolute atomic E-state index is 12.2. The summed E-state index contributed by atoms with van der Waals surface area (Å²) < 4.78 is 22.8. The van der Waals surface area contributed by atoms with Crippen LogP contribution >= 0.6 is 11.6 Å². The number of rotatable bonds is 6. The maximum atomic E-state index is 12.2. The summed E-state index contributed by atoms with van der Waals surface area (Å²) in [6.45, 7) is 2.05. The van der Waals surface area contributed by atoms with Gasteiger partial charge >= 0.3 is 0 Å². The van der Waals surface area contributed by atoms with E-state index in [9.17, 15) is 18.0 Å². The van der Waals surface area contributed by atoms with Crippen LogP contribution in [0.4, 0.5) is 0 Å². The first kappa shape index (κ1) is 19.5. The van der Waals surface area contributed by atoms with Gasteiger partial charge in [-0.1, -0.05) is 23.7 Å². The molecule has 1 aliphatic heterocycles. The molecule has 0 bridgehead atoms. The number of amides is 2. The first-order valence-corrected chi connectivity index (χ1v) is 10.2. The number of halogens is 1. The molecule has 0 aromatic heterocycles.